The molecule has 17 rings (SSSR count). The molecule has 0 fully saturated rings. The van der Waals surface area contributed by atoms with Gasteiger partial charge >= 0.3 is 0 Å². The maximum Gasteiger partial charge on any atom is 0.132 e. The molecule has 0 atom stereocenters. The van der Waals surface area contributed by atoms with Crippen LogP contribution in [-0.2, 0) is 10.8 Å². The van der Waals surface area contributed by atoms with Gasteiger partial charge in [-0.1, -0.05) is 243 Å². The largest absolute Gasteiger partial charge is 0.457 e. The summed E-state index contributed by atoms with van der Waals surface area (Å²) < 4.78 is 13.5. The molecule has 0 amide bonds. The monoisotopic (exact) mass is 1060 g/mol. The topological polar surface area (TPSA) is 21.7 Å². The second-order valence-corrected chi connectivity index (χ2v) is 22.2. The summed E-state index contributed by atoms with van der Waals surface area (Å²) in [5, 5.41) is 0. The summed E-state index contributed by atoms with van der Waals surface area (Å²) in [7, 11) is 0. The highest BCUT2D eigenvalue weighted by atomic mass is 16.5. The minimum absolute atomic E-state index is 0.583. The van der Waals surface area contributed by atoms with Crippen molar-refractivity contribution in [3.63, 3.8) is 0 Å². The summed E-state index contributed by atoms with van der Waals surface area (Å²) in [6.07, 6.45) is 0. The predicted molar refractivity (Wildman–Crippen MR) is 338 cm³/mol. The van der Waals surface area contributed by atoms with Crippen molar-refractivity contribution in [2.45, 2.75) is 10.8 Å². The quantitative estimate of drug-likeness (QED) is 0.159. The van der Waals surface area contributed by atoms with Crippen LogP contribution in [0.3, 0.4) is 0 Å². The molecule has 13 aromatic carbocycles. The molecule has 3 heteroatoms. The van der Waals surface area contributed by atoms with Gasteiger partial charge in [-0.2, -0.15) is 0 Å². The number of anilines is 3. The van der Waals surface area contributed by atoms with Crippen molar-refractivity contribution in [1.29, 1.82) is 0 Å². The van der Waals surface area contributed by atoms with Gasteiger partial charge in [-0.05, 0) is 150 Å². The number of para-hydroxylation sites is 5. The van der Waals surface area contributed by atoms with Crippen molar-refractivity contribution in [2.24, 2.45) is 0 Å². The maximum absolute atomic E-state index is 6.74. The highest BCUT2D eigenvalue weighted by Crippen LogP contribution is 2.65. The van der Waals surface area contributed by atoms with E-state index in [1.165, 1.54) is 66.8 Å². The van der Waals surface area contributed by atoms with E-state index in [-0.39, 0.29) is 0 Å². The third kappa shape index (κ3) is 6.86. The molecule has 83 heavy (non-hydrogen) atoms. The Bertz CT molecular complexity index is 4670. The second-order valence-electron chi connectivity index (χ2n) is 22.2. The summed E-state index contributed by atoms with van der Waals surface area (Å²) in [6, 6.07) is 113. The number of hydrogen-bond donors (Lipinski definition) is 0. The Morgan fingerprint density at radius 3 is 1.24 bits per heavy atom. The second kappa shape index (κ2) is 18.4. The molecule has 388 valence electrons. The first kappa shape index (κ1) is 47.1. The summed E-state index contributed by atoms with van der Waals surface area (Å²) in [5.74, 6) is 3.53. The van der Waals surface area contributed by atoms with E-state index in [0.29, 0.717) is 0 Å². The van der Waals surface area contributed by atoms with E-state index in [1.54, 1.807) is 0 Å². The van der Waals surface area contributed by atoms with Crippen molar-refractivity contribution in [3.8, 4) is 89.8 Å². The minimum atomic E-state index is -0.603. The highest BCUT2D eigenvalue weighted by molar-refractivity contribution is 6.01. The zero-order valence-electron chi connectivity index (χ0n) is 45.2. The third-order valence-corrected chi connectivity index (χ3v) is 18.0. The van der Waals surface area contributed by atoms with Crippen LogP contribution in [0.1, 0.15) is 44.5 Å². The number of hydrogen-bond acceptors (Lipinski definition) is 3. The van der Waals surface area contributed by atoms with Crippen molar-refractivity contribution < 1.29 is 9.47 Å². The number of fused-ring (bicyclic) bond motifs is 18. The third-order valence-electron chi connectivity index (χ3n) is 18.0. The summed E-state index contributed by atoms with van der Waals surface area (Å²) in [5.41, 5.74) is 25.8. The molecule has 2 aliphatic carbocycles. The fourth-order valence-corrected chi connectivity index (χ4v) is 14.6. The molecule has 0 N–H and O–H groups in total. The molecule has 4 aliphatic rings. The van der Waals surface area contributed by atoms with Gasteiger partial charge in [-0.25, -0.2) is 0 Å². The van der Waals surface area contributed by atoms with Crippen molar-refractivity contribution in [3.05, 3.63) is 354 Å². The predicted octanol–water partition coefficient (Wildman–Crippen LogP) is 20.8. The number of nitrogens with zero attached hydrogens (tertiary/aromatic N) is 1. The smallest absolute Gasteiger partial charge is 0.132 e. The molecular formula is C80H51NO2. The van der Waals surface area contributed by atoms with Crippen LogP contribution in [-0.4, -0.2) is 0 Å². The van der Waals surface area contributed by atoms with E-state index < -0.39 is 10.8 Å². The molecule has 0 aromatic heterocycles. The van der Waals surface area contributed by atoms with Crippen LogP contribution in [0.4, 0.5) is 17.1 Å². The Morgan fingerprint density at radius 1 is 0.217 bits per heavy atom. The molecule has 0 unspecified atom stereocenters. The molecule has 0 radical (unpaired) electrons. The Kier molecular flexibility index (Phi) is 10.4. The van der Waals surface area contributed by atoms with Crippen molar-refractivity contribution in [1.82, 2.24) is 0 Å². The lowest BCUT2D eigenvalue weighted by atomic mass is 9.66. The van der Waals surface area contributed by atoms with Gasteiger partial charge in [-0.15, -0.1) is 0 Å². The number of ether oxygens (including phenoxy) is 2. The normalized spacial score (nSPS) is 13.7. The Morgan fingerprint density at radius 2 is 0.614 bits per heavy atom. The molecule has 0 saturated heterocycles. The Labute approximate surface area is 483 Å². The van der Waals surface area contributed by atoms with Gasteiger partial charge in [0.25, 0.3) is 0 Å². The first-order chi connectivity index (χ1) is 41.2. The van der Waals surface area contributed by atoms with E-state index in [9.17, 15) is 0 Å². The first-order valence-electron chi connectivity index (χ1n) is 28.6. The minimum Gasteiger partial charge on any atom is -0.457 e. The van der Waals surface area contributed by atoms with E-state index in [0.717, 1.165) is 84.6 Å². The molecule has 0 saturated carbocycles. The first-order valence-corrected chi connectivity index (χ1v) is 28.6. The fourth-order valence-electron chi connectivity index (χ4n) is 14.6. The molecule has 13 aromatic rings. The van der Waals surface area contributed by atoms with Gasteiger partial charge in [-0.3, -0.25) is 0 Å². The molecule has 2 spiro atoms. The lowest BCUT2D eigenvalue weighted by Gasteiger charge is -2.39. The zero-order chi connectivity index (χ0) is 54.6. The van der Waals surface area contributed by atoms with Crippen LogP contribution in [0, 0.1) is 0 Å². The average molecular weight is 1060 g/mol. The zero-order valence-corrected chi connectivity index (χ0v) is 45.2. The Hall–Kier alpha value is -10.7. The van der Waals surface area contributed by atoms with Gasteiger partial charge in [0.05, 0.1) is 16.5 Å². The highest BCUT2D eigenvalue weighted by Gasteiger charge is 2.53. The summed E-state index contributed by atoms with van der Waals surface area (Å²) in [4.78, 5) is 2.47. The fraction of sp³-hybridized carbons (Fsp3) is 0.0250. The van der Waals surface area contributed by atoms with E-state index in [1.807, 2.05) is 0 Å². The van der Waals surface area contributed by atoms with Crippen LogP contribution in [0.25, 0.3) is 66.8 Å². The van der Waals surface area contributed by atoms with Gasteiger partial charge in [0.1, 0.15) is 23.0 Å². The number of benzene rings is 13. The molecule has 2 heterocycles. The van der Waals surface area contributed by atoms with Gasteiger partial charge in [0.2, 0.25) is 0 Å². The standard InChI is InChI=1S/C80H51NO2/c1-2-21-52(22-3-1)54-23-18-24-55(49-54)53-43-46-58(47-44-53)81(59-26-19-25-56(50-59)57-45-48-61-60-27-4-7-31-65(60)80(72(61)51-57)69-35-11-16-41-76(69)83-77-42-17-12-36-70(77)80)73-38-13-6-28-62(73)63-30-20-37-71-78(63)64-29-5-8-32-66(64)79(71)67-33-9-14-39-74(67)82-75-40-15-10-34-68(75)79/h1-51H. The lowest BCUT2D eigenvalue weighted by molar-refractivity contribution is 0.436. The van der Waals surface area contributed by atoms with Gasteiger partial charge < -0.3 is 14.4 Å². The van der Waals surface area contributed by atoms with Gasteiger partial charge in [0.15, 0.2) is 0 Å². The van der Waals surface area contributed by atoms with Crippen LogP contribution >= 0.6 is 0 Å². The van der Waals surface area contributed by atoms with Crippen molar-refractivity contribution in [2.75, 3.05) is 4.90 Å². The van der Waals surface area contributed by atoms with Crippen LogP contribution in [0.5, 0.6) is 23.0 Å². The van der Waals surface area contributed by atoms with Crippen LogP contribution < -0.4 is 14.4 Å². The average Bonchev–Trinajstić information content (AvgIpc) is 1.86. The van der Waals surface area contributed by atoms with Gasteiger partial charge in [0, 0.05) is 39.2 Å². The molecular weight excluding hydrogens is 1010 g/mol. The lowest BCUT2D eigenvalue weighted by Crippen LogP contribution is -2.32. The van der Waals surface area contributed by atoms with E-state index in [4.69, 9.17) is 9.47 Å². The van der Waals surface area contributed by atoms with Crippen LogP contribution in [0.2, 0.25) is 0 Å². The van der Waals surface area contributed by atoms with E-state index >= 15 is 0 Å². The SMILES string of the molecule is c1ccc(-c2cccc(-c3ccc(N(c4cccc(-c5ccc6c(c5)C5(c7ccccc7Oc7ccccc75)c5ccccc5-6)c4)c4ccccc4-c4cccc5c4-c4ccccc4C54c5ccccc5Oc5ccccc54)cc3)c2)cc1. The molecule has 2 aliphatic heterocycles. The maximum atomic E-state index is 6.74. The number of rotatable bonds is 7. The Balaban J connectivity index is 0.860. The summed E-state index contributed by atoms with van der Waals surface area (Å²) >= 11 is 0. The summed E-state index contributed by atoms with van der Waals surface area (Å²) in [6.45, 7) is 0. The van der Waals surface area contributed by atoms with E-state index in [2.05, 4.69) is 314 Å². The molecule has 0 bridgehead atoms. The van der Waals surface area contributed by atoms with Crippen molar-refractivity contribution >= 4 is 17.1 Å². The van der Waals surface area contributed by atoms with Crippen LogP contribution in [0.15, 0.2) is 309 Å². The molecule has 3 nitrogen and oxygen atoms in total.